The molecule has 1 saturated heterocycles. The normalized spacial score (nSPS) is 23.5. The van der Waals surface area contributed by atoms with Crippen molar-refractivity contribution in [3.63, 3.8) is 0 Å². The molecule has 3 heterocycles. The lowest BCUT2D eigenvalue weighted by molar-refractivity contribution is -0.120. The third-order valence-corrected chi connectivity index (χ3v) is 8.61. The molecular weight excluding hydrogens is 489 g/mol. The van der Waals surface area contributed by atoms with Crippen LogP contribution in [0.25, 0.3) is 11.1 Å². The van der Waals surface area contributed by atoms with Gasteiger partial charge in [-0.05, 0) is 47.5 Å². The zero-order chi connectivity index (χ0) is 23.8. The van der Waals surface area contributed by atoms with Crippen LogP contribution in [0.4, 0.5) is 10.1 Å². The number of nitrogens with one attached hydrogen (secondary N) is 2. The molecule has 8 nitrogen and oxygen atoms in total. The minimum atomic E-state index is -2.92. The largest absolute Gasteiger partial charge is 0.394 e. The monoisotopic (exact) mass is 511 g/mol. The molecule has 0 saturated carbocycles. The maximum Gasteiger partial charge on any atom is 0.242 e. The van der Waals surface area contributed by atoms with Crippen molar-refractivity contribution in [1.29, 1.82) is 0 Å². The SMILES string of the molecule is C=S1(=O)NC(c2cc(-c3cnn(CCO)c3)cs2)CC(C(=O)Nc2ccc(F)c(Cl)c2)N1C. The molecule has 0 radical (unpaired) electrons. The number of hydrogen-bond donors (Lipinski definition) is 3. The summed E-state index contributed by atoms with van der Waals surface area (Å²) in [6.07, 6.45) is 3.92. The Morgan fingerprint density at radius 1 is 1.45 bits per heavy atom. The molecule has 1 fully saturated rings. The molecule has 1 aliphatic rings. The first kappa shape index (κ1) is 23.9. The molecule has 33 heavy (non-hydrogen) atoms. The predicted octanol–water partition coefficient (Wildman–Crippen LogP) is 2.92. The van der Waals surface area contributed by atoms with Crippen molar-refractivity contribution in [2.24, 2.45) is 0 Å². The topological polar surface area (TPSA) is 99.5 Å². The van der Waals surface area contributed by atoms with Gasteiger partial charge in [0.25, 0.3) is 0 Å². The molecule has 0 aliphatic carbocycles. The molecule has 2 aromatic heterocycles. The van der Waals surface area contributed by atoms with E-state index in [4.69, 9.17) is 16.7 Å². The number of amides is 1. The number of hydrogen-bond acceptors (Lipinski definition) is 5. The number of thiophene rings is 1. The maximum atomic E-state index is 13.4. The van der Waals surface area contributed by atoms with Crippen LogP contribution in [0.3, 0.4) is 0 Å². The maximum absolute atomic E-state index is 13.4. The fraction of sp³-hybridized carbons (Fsp3) is 0.286. The molecule has 12 heteroatoms. The van der Waals surface area contributed by atoms with E-state index in [1.54, 1.807) is 17.9 Å². The lowest BCUT2D eigenvalue weighted by Gasteiger charge is -2.39. The number of anilines is 1. The van der Waals surface area contributed by atoms with E-state index in [0.717, 1.165) is 16.0 Å². The number of aliphatic hydroxyl groups is 1. The van der Waals surface area contributed by atoms with Gasteiger partial charge in [0.15, 0.2) is 0 Å². The Morgan fingerprint density at radius 2 is 2.24 bits per heavy atom. The molecule has 1 aliphatic heterocycles. The second-order valence-corrected chi connectivity index (χ2v) is 11.1. The van der Waals surface area contributed by atoms with Crippen LogP contribution in [-0.4, -0.2) is 54.9 Å². The van der Waals surface area contributed by atoms with E-state index in [1.807, 2.05) is 17.6 Å². The van der Waals surface area contributed by atoms with E-state index >= 15 is 0 Å². The Balaban J connectivity index is 1.54. The van der Waals surface area contributed by atoms with Crippen LogP contribution >= 0.6 is 22.9 Å². The van der Waals surface area contributed by atoms with Crippen molar-refractivity contribution in [3.8, 4) is 11.1 Å². The van der Waals surface area contributed by atoms with Crippen molar-refractivity contribution in [3.05, 3.63) is 57.8 Å². The zero-order valence-electron chi connectivity index (χ0n) is 17.7. The molecule has 3 N–H and O–H groups in total. The van der Waals surface area contributed by atoms with Crippen LogP contribution in [0.15, 0.2) is 42.0 Å². The van der Waals surface area contributed by atoms with Gasteiger partial charge in [0.1, 0.15) is 11.9 Å². The van der Waals surface area contributed by atoms with Crippen LogP contribution < -0.4 is 10.0 Å². The van der Waals surface area contributed by atoms with Gasteiger partial charge < -0.3 is 10.4 Å². The Labute approximate surface area is 200 Å². The van der Waals surface area contributed by atoms with Gasteiger partial charge in [0, 0.05) is 29.4 Å². The Bertz CT molecular complexity index is 1280. The second-order valence-electron chi connectivity index (χ2n) is 7.68. The Morgan fingerprint density at radius 3 is 2.97 bits per heavy atom. The number of likely N-dealkylation sites (N-methyl/N-ethyl adjacent to an activating group) is 1. The first-order valence-corrected chi connectivity index (χ1v) is 13.0. The highest BCUT2D eigenvalue weighted by molar-refractivity contribution is 7.96. The van der Waals surface area contributed by atoms with Crippen LogP contribution in [-0.2, 0) is 21.2 Å². The van der Waals surface area contributed by atoms with E-state index in [9.17, 15) is 13.4 Å². The average molecular weight is 512 g/mol. The van der Waals surface area contributed by atoms with Gasteiger partial charge in [-0.2, -0.15) is 5.10 Å². The van der Waals surface area contributed by atoms with Gasteiger partial charge in [-0.15, -0.1) is 11.3 Å². The van der Waals surface area contributed by atoms with Crippen molar-refractivity contribution in [2.75, 3.05) is 19.0 Å². The van der Waals surface area contributed by atoms with Gasteiger partial charge in [-0.25, -0.2) is 17.6 Å². The first-order valence-electron chi connectivity index (χ1n) is 10.0. The minimum absolute atomic E-state index is 0.000950. The van der Waals surface area contributed by atoms with Gasteiger partial charge in [0.2, 0.25) is 5.91 Å². The molecule has 176 valence electrons. The fourth-order valence-electron chi connectivity index (χ4n) is 3.60. The highest BCUT2D eigenvalue weighted by Crippen LogP contribution is 2.35. The second kappa shape index (κ2) is 9.53. The number of aliphatic hydroxyl groups excluding tert-OH is 1. The van der Waals surface area contributed by atoms with E-state index < -0.39 is 21.8 Å². The van der Waals surface area contributed by atoms with Crippen molar-refractivity contribution in [1.82, 2.24) is 18.8 Å². The molecule has 0 spiro atoms. The highest BCUT2D eigenvalue weighted by Gasteiger charge is 2.38. The summed E-state index contributed by atoms with van der Waals surface area (Å²) in [5, 5.41) is 17.9. The fourth-order valence-corrected chi connectivity index (χ4v) is 6.26. The number of rotatable bonds is 6. The summed E-state index contributed by atoms with van der Waals surface area (Å²) in [7, 11) is -1.34. The number of halogens is 2. The highest BCUT2D eigenvalue weighted by atomic mass is 35.5. The van der Waals surface area contributed by atoms with Gasteiger partial charge >= 0.3 is 0 Å². The van der Waals surface area contributed by atoms with Crippen LogP contribution in [0.2, 0.25) is 5.02 Å². The number of aromatic nitrogens is 2. The van der Waals surface area contributed by atoms with Crippen molar-refractivity contribution in [2.45, 2.75) is 25.0 Å². The minimum Gasteiger partial charge on any atom is -0.394 e. The number of nitrogens with zero attached hydrogens (tertiary/aromatic N) is 3. The third kappa shape index (κ3) is 5.13. The average Bonchev–Trinajstić information content (AvgIpc) is 3.42. The van der Waals surface area contributed by atoms with Crippen LogP contribution in [0, 0.1) is 5.82 Å². The van der Waals surface area contributed by atoms with Crippen LogP contribution in [0.5, 0.6) is 0 Å². The lowest BCUT2D eigenvalue weighted by Crippen LogP contribution is -2.55. The third-order valence-electron chi connectivity index (χ3n) is 5.44. The summed E-state index contributed by atoms with van der Waals surface area (Å²) < 4.78 is 32.7. The predicted molar refractivity (Wildman–Crippen MR) is 130 cm³/mol. The van der Waals surface area contributed by atoms with Crippen LogP contribution in [0.1, 0.15) is 17.3 Å². The summed E-state index contributed by atoms with van der Waals surface area (Å²) in [5.74, 6) is 2.84. The number of benzene rings is 1. The van der Waals surface area contributed by atoms with E-state index in [0.29, 0.717) is 18.7 Å². The molecular formula is C21H23ClFN5O3S2. The summed E-state index contributed by atoms with van der Waals surface area (Å²) >= 11 is 7.30. The Hall–Kier alpha value is -2.28. The molecule has 3 unspecified atom stereocenters. The zero-order valence-corrected chi connectivity index (χ0v) is 20.1. The molecule has 3 aromatic rings. The number of carbonyl (C=O) groups is 1. The van der Waals surface area contributed by atoms with Gasteiger partial charge in [-0.3, -0.25) is 9.48 Å². The summed E-state index contributed by atoms with van der Waals surface area (Å²) in [6, 6.07) is 4.80. The standard InChI is InChI=1S/C21H23ClFN5O3S2/c1-27-19(21(30)25-15-3-4-17(23)16(22)8-15)9-18(26-33(27,2)31)20-7-13(12-32-20)14-10-24-28(11-14)5-6-29/h3-4,7-8,10-12,18-19,29H,2,5-6,9H2,1H3,(H,25,30)(H,26,31). The molecule has 1 aromatic carbocycles. The molecule has 0 bridgehead atoms. The Kier molecular flexibility index (Phi) is 6.89. The van der Waals surface area contributed by atoms with Gasteiger partial charge in [0.05, 0.1) is 40.3 Å². The summed E-state index contributed by atoms with van der Waals surface area (Å²) in [6.45, 7) is 0.411. The van der Waals surface area contributed by atoms with Crippen molar-refractivity contribution >= 4 is 50.3 Å². The summed E-state index contributed by atoms with van der Waals surface area (Å²) in [4.78, 5) is 13.9. The quantitative estimate of drug-likeness (QED) is 0.443. The molecule has 3 atom stereocenters. The summed E-state index contributed by atoms with van der Waals surface area (Å²) in [5.41, 5.74) is 2.19. The lowest BCUT2D eigenvalue weighted by atomic mass is 10.0. The molecule has 1 amide bonds. The first-order chi connectivity index (χ1) is 15.7. The van der Waals surface area contributed by atoms with E-state index in [2.05, 4.69) is 21.0 Å². The molecule has 4 rings (SSSR count). The smallest absolute Gasteiger partial charge is 0.242 e. The number of carbonyl (C=O) groups excluding carboxylic acids is 1. The van der Waals surface area contributed by atoms with Crippen molar-refractivity contribution < 1.29 is 18.5 Å². The van der Waals surface area contributed by atoms with E-state index in [1.165, 1.54) is 33.8 Å². The van der Waals surface area contributed by atoms with E-state index in [-0.39, 0.29) is 23.6 Å². The van der Waals surface area contributed by atoms with Gasteiger partial charge in [-0.1, -0.05) is 11.6 Å².